The third kappa shape index (κ3) is 6.18. The normalized spacial score (nSPS) is 11.5. The second kappa shape index (κ2) is 14.9. The van der Waals surface area contributed by atoms with Crippen molar-refractivity contribution >= 4 is 47.8 Å². The summed E-state index contributed by atoms with van der Waals surface area (Å²) in [6.45, 7) is 0. The molecule has 290 valence electrons. The third-order valence-electron chi connectivity index (χ3n) is 11.9. The van der Waals surface area contributed by atoms with Crippen LogP contribution in [0.4, 0.5) is 0 Å². The van der Waals surface area contributed by atoms with E-state index < -0.39 is 0 Å². The molecule has 0 atom stereocenters. The zero-order chi connectivity index (χ0) is 41.0. The fourth-order valence-electron chi connectivity index (χ4n) is 8.88. The van der Waals surface area contributed by atoms with Crippen LogP contribution in [-0.4, -0.2) is 19.6 Å². The Morgan fingerprint density at radius 2 is 0.935 bits per heavy atom. The number of hydrogen-bond acceptors (Lipinski definition) is 4. The molecule has 4 nitrogen and oxygen atoms in total. The fraction of sp³-hybridized carbons (Fsp3) is 0. The van der Waals surface area contributed by atoms with E-state index in [1.165, 1.54) is 31.3 Å². The quantitative estimate of drug-likeness (QED) is 0.161. The molecular weight excluding hydrogens is 773 g/mol. The molecule has 5 heteroatoms. The maximum absolute atomic E-state index is 5.40. The van der Waals surface area contributed by atoms with Crippen molar-refractivity contribution < 1.29 is 0 Å². The summed E-state index contributed by atoms with van der Waals surface area (Å²) in [6.07, 6.45) is 0. The first kappa shape index (κ1) is 35.9. The minimum absolute atomic E-state index is 0.690. The molecule has 0 amide bonds. The van der Waals surface area contributed by atoms with Gasteiger partial charge >= 0.3 is 0 Å². The molecule has 0 aliphatic carbocycles. The lowest BCUT2D eigenvalue weighted by Gasteiger charge is -2.12. The van der Waals surface area contributed by atoms with Crippen LogP contribution in [0.25, 0.3) is 115 Å². The largest absolute Gasteiger partial charge is 0.231 e. The van der Waals surface area contributed by atoms with Crippen LogP contribution in [0.15, 0.2) is 218 Å². The predicted molar refractivity (Wildman–Crippen MR) is 259 cm³/mol. The number of nitrogens with zero attached hydrogens (tertiary/aromatic N) is 4. The van der Waals surface area contributed by atoms with E-state index in [4.69, 9.17) is 15.1 Å². The Morgan fingerprint density at radius 1 is 0.387 bits per heavy atom. The minimum atomic E-state index is 0.690. The van der Waals surface area contributed by atoms with Crippen molar-refractivity contribution in [2.24, 2.45) is 0 Å². The highest BCUT2D eigenvalue weighted by molar-refractivity contribution is 7.25. The molecule has 0 bridgehead atoms. The number of fused-ring (bicyclic) bond motifs is 6. The Morgan fingerprint density at radius 3 is 1.63 bits per heavy atom. The summed E-state index contributed by atoms with van der Waals surface area (Å²) in [4.78, 5) is 10.3. The number of rotatable bonds is 7. The Kier molecular flexibility index (Phi) is 8.65. The van der Waals surface area contributed by atoms with Gasteiger partial charge < -0.3 is 0 Å². The molecule has 0 aliphatic heterocycles. The molecule has 62 heavy (non-hydrogen) atoms. The summed E-state index contributed by atoms with van der Waals surface area (Å²) < 4.78 is 4.75. The lowest BCUT2D eigenvalue weighted by Crippen LogP contribution is -1.97. The molecular formula is C57H36N4S. The highest BCUT2D eigenvalue weighted by atomic mass is 32.1. The van der Waals surface area contributed by atoms with Crippen LogP contribution in [0, 0.1) is 0 Å². The van der Waals surface area contributed by atoms with E-state index in [2.05, 4.69) is 205 Å². The molecule has 0 N–H and O–H groups in total. The minimum Gasteiger partial charge on any atom is -0.231 e. The van der Waals surface area contributed by atoms with Crippen molar-refractivity contribution in [3.8, 4) is 78.7 Å². The number of aromatic nitrogens is 4. The molecule has 0 aliphatic rings. The SMILES string of the molecule is c1ccc(-c2nc(-c3ccc(-c4cccc5sc6ccccc6c45)cc3)cc(-c3ccc(-c4cc5ccccc5c5c(-c6ccccc6)c(-c6ccccc6)nn45)cc3)n2)cc1. The number of thiophene rings is 1. The molecule has 0 spiro atoms. The van der Waals surface area contributed by atoms with Crippen LogP contribution in [-0.2, 0) is 0 Å². The number of hydrogen-bond donors (Lipinski definition) is 0. The van der Waals surface area contributed by atoms with Gasteiger partial charge in [-0.2, -0.15) is 5.10 Å². The van der Waals surface area contributed by atoms with Crippen LogP contribution >= 0.6 is 11.3 Å². The van der Waals surface area contributed by atoms with E-state index in [1.54, 1.807) is 0 Å². The van der Waals surface area contributed by atoms with Gasteiger partial charge in [0.2, 0.25) is 0 Å². The molecule has 12 aromatic rings. The zero-order valence-electron chi connectivity index (χ0n) is 33.5. The molecule has 0 fully saturated rings. The van der Waals surface area contributed by atoms with E-state index in [1.807, 2.05) is 29.5 Å². The van der Waals surface area contributed by atoms with Crippen LogP contribution in [0.1, 0.15) is 0 Å². The predicted octanol–water partition coefficient (Wildman–Crippen LogP) is 15.3. The summed E-state index contributed by atoms with van der Waals surface area (Å²) in [5.41, 5.74) is 14.6. The first-order chi connectivity index (χ1) is 30.7. The Labute approximate surface area is 362 Å². The standard InChI is InChI=1S/C57H36N4S/c1-4-15-41(16-5-1)53-55(42-17-6-2-7-18-42)60-61-50(35-44-21-10-11-22-46(44)56(53)61)40-33-31-39(32-34-40)49-36-48(58-57(59-49)43-19-8-3-9-20-43)38-29-27-37(28-30-38)45-24-14-26-52-54(45)47-23-12-13-25-51(47)62-52/h1-36H. The summed E-state index contributed by atoms with van der Waals surface area (Å²) >= 11 is 1.85. The van der Waals surface area contributed by atoms with E-state index in [9.17, 15) is 0 Å². The zero-order valence-corrected chi connectivity index (χ0v) is 34.3. The van der Waals surface area contributed by atoms with E-state index in [0.29, 0.717) is 5.82 Å². The lowest BCUT2D eigenvalue weighted by atomic mass is 9.96. The van der Waals surface area contributed by atoms with Crippen molar-refractivity contribution in [1.82, 2.24) is 19.6 Å². The van der Waals surface area contributed by atoms with Gasteiger partial charge in [0.1, 0.15) is 5.69 Å². The van der Waals surface area contributed by atoms with Gasteiger partial charge in [-0.15, -0.1) is 11.3 Å². The summed E-state index contributed by atoms with van der Waals surface area (Å²) in [5, 5.41) is 10.3. The summed E-state index contributed by atoms with van der Waals surface area (Å²) in [5.74, 6) is 0.690. The van der Waals surface area contributed by atoms with Crippen LogP contribution in [0.2, 0.25) is 0 Å². The second-order valence-electron chi connectivity index (χ2n) is 15.6. The average Bonchev–Trinajstić information content (AvgIpc) is 3.95. The maximum atomic E-state index is 5.40. The highest BCUT2D eigenvalue weighted by Crippen LogP contribution is 2.42. The summed E-state index contributed by atoms with van der Waals surface area (Å²) in [7, 11) is 0. The lowest BCUT2D eigenvalue weighted by molar-refractivity contribution is 0.979. The molecule has 0 saturated heterocycles. The molecule has 8 aromatic carbocycles. The van der Waals surface area contributed by atoms with Gasteiger partial charge in [0.25, 0.3) is 0 Å². The van der Waals surface area contributed by atoms with Crippen molar-refractivity contribution in [3.63, 3.8) is 0 Å². The van der Waals surface area contributed by atoms with Gasteiger partial charge in [0.15, 0.2) is 5.82 Å². The van der Waals surface area contributed by atoms with Crippen LogP contribution < -0.4 is 0 Å². The highest BCUT2D eigenvalue weighted by Gasteiger charge is 2.22. The van der Waals surface area contributed by atoms with Gasteiger partial charge in [-0.25, -0.2) is 14.5 Å². The van der Waals surface area contributed by atoms with Crippen molar-refractivity contribution in [3.05, 3.63) is 218 Å². The Bertz CT molecular complexity index is 3590. The molecule has 4 heterocycles. The van der Waals surface area contributed by atoms with Crippen LogP contribution in [0.5, 0.6) is 0 Å². The van der Waals surface area contributed by atoms with E-state index in [0.717, 1.165) is 78.0 Å². The first-order valence-electron chi connectivity index (χ1n) is 20.9. The van der Waals surface area contributed by atoms with Crippen molar-refractivity contribution in [2.75, 3.05) is 0 Å². The third-order valence-corrected chi connectivity index (χ3v) is 13.0. The number of pyridine rings is 1. The maximum Gasteiger partial charge on any atom is 0.160 e. The molecule has 0 radical (unpaired) electrons. The molecule has 4 aromatic heterocycles. The Hall–Kier alpha value is -7.99. The average molecular weight is 809 g/mol. The first-order valence-corrected chi connectivity index (χ1v) is 21.7. The topological polar surface area (TPSA) is 43.1 Å². The molecule has 0 unspecified atom stereocenters. The van der Waals surface area contributed by atoms with Gasteiger partial charge in [0, 0.05) is 58.9 Å². The van der Waals surface area contributed by atoms with Gasteiger partial charge in [-0.3, -0.25) is 0 Å². The Balaban J connectivity index is 0.971. The summed E-state index contributed by atoms with van der Waals surface area (Å²) in [6, 6.07) is 77.2. The van der Waals surface area contributed by atoms with Crippen molar-refractivity contribution in [1.29, 1.82) is 0 Å². The number of benzene rings is 8. The van der Waals surface area contributed by atoms with Gasteiger partial charge in [-0.05, 0) is 46.3 Å². The van der Waals surface area contributed by atoms with Gasteiger partial charge in [-0.1, -0.05) is 194 Å². The molecule has 0 saturated carbocycles. The second-order valence-corrected chi connectivity index (χ2v) is 16.7. The van der Waals surface area contributed by atoms with Gasteiger partial charge in [0.05, 0.1) is 22.6 Å². The smallest absolute Gasteiger partial charge is 0.160 e. The van der Waals surface area contributed by atoms with E-state index in [-0.39, 0.29) is 0 Å². The monoisotopic (exact) mass is 808 g/mol. The van der Waals surface area contributed by atoms with Crippen molar-refractivity contribution in [2.45, 2.75) is 0 Å². The fourth-order valence-corrected chi connectivity index (χ4v) is 10.0. The van der Waals surface area contributed by atoms with Crippen LogP contribution in [0.3, 0.4) is 0 Å². The molecule has 12 rings (SSSR count). The van der Waals surface area contributed by atoms with E-state index >= 15 is 0 Å².